The van der Waals surface area contributed by atoms with E-state index in [4.69, 9.17) is 49.8 Å². The molecular weight excluding hydrogens is 391 g/mol. The van der Waals surface area contributed by atoms with Crippen LogP contribution in [0, 0.1) is 6.92 Å². The van der Waals surface area contributed by atoms with E-state index in [9.17, 15) is 9.59 Å². The third-order valence-electron chi connectivity index (χ3n) is 2.97. The van der Waals surface area contributed by atoms with Crippen LogP contribution in [0.3, 0.4) is 0 Å². The van der Waals surface area contributed by atoms with Crippen molar-refractivity contribution in [3.05, 3.63) is 56.0 Å². The Morgan fingerprint density at radius 2 is 1.60 bits per heavy atom. The molecule has 0 saturated carbocycles. The van der Waals surface area contributed by atoms with Crippen molar-refractivity contribution in [1.29, 1.82) is 0 Å². The Labute approximate surface area is 159 Å². The molecular formula is C17H15Cl3O5. The molecule has 0 aliphatic carbocycles. The molecule has 2 rings (SSSR count). The largest absolute Gasteiger partial charge is 0.508 e. The Morgan fingerprint density at radius 3 is 2.04 bits per heavy atom. The number of carbonyl (C=O) groups excluding carboxylic acids is 2. The number of esters is 1. The lowest BCUT2D eigenvalue weighted by atomic mass is 10.1. The van der Waals surface area contributed by atoms with Crippen LogP contribution < -0.4 is 0 Å². The van der Waals surface area contributed by atoms with Gasteiger partial charge in [-0.3, -0.25) is 4.79 Å². The highest BCUT2D eigenvalue weighted by atomic mass is 35.5. The summed E-state index contributed by atoms with van der Waals surface area (Å²) in [5, 5.41) is 18.5. The van der Waals surface area contributed by atoms with Gasteiger partial charge in [0.25, 0.3) is 0 Å². The standard InChI is InChI=1S/C10H8Cl2O3.C7H7ClO2/c1-2-15-10(14)6-3-8(11)7(5-13)9(12)4-6;1-4-2-7(10)5(8)3-6(4)9/h3-5H,2H2,1H3;2-3,9-10H,1H3. The molecule has 0 saturated heterocycles. The van der Waals surface area contributed by atoms with Crippen LogP contribution in [0.4, 0.5) is 0 Å². The van der Waals surface area contributed by atoms with Crippen LogP contribution in [-0.2, 0) is 4.74 Å². The maximum atomic E-state index is 11.3. The number of halogens is 3. The highest BCUT2D eigenvalue weighted by molar-refractivity contribution is 6.39. The van der Waals surface area contributed by atoms with Crippen molar-refractivity contribution in [3.8, 4) is 11.5 Å². The molecule has 2 aromatic rings. The lowest BCUT2D eigenvalue weighted by molar-refractivity contribution is 0.0526. The van der Waals surface area contributed by atoms with E-state index in [0.717, 1.165) is 0 Å². The summed E-state index contributed by atoms with van der Waals surface area (Å²) in [5.41, 5.74) is 1.02. The van der Waals surface area contributed by atoms with E-state index >= 15 is 0 Å². The summed E-state index contributed by atoms with van der Waals surface area (Å²) in [6.07, 6.45) is 0.541. The second kappa shape index (κ2) is 9.51. The van der Waals surface area contributed by atoms with Crippen molar-refractivity contribution in [2.45, 2.75) is 13.8 Å². The monoisotopic (exact) mass is 404 g/mol. The van der Waals surface area contributed by atoms with Crippen LogP contribution in [0.5, 0.6) is 11.5 Å². The zero-order chi connectivity index (χ0) is 19.1. The van der Waals surface area contributed by atoms with E-state index in [1.165, 1.54) is 24.3 Å². The van der Waals surface area contributed by atoms with Gasteiger partial charge in [0.1, 0.15) is 11.5 Å². The van der Waals surface area contributed by atoms with Gasteiger partial charge in [0, 0.05) is 6.07 Å². The molecule has 134 valence electrons. The van der Waals surface area contributed by atoms with Crippen LogP contribution in [0.2, 0.25) is 15.1 Å². The Balaban J connectivity index is 0.000000271. The third-order valence-corrected chi connectivity index (χ3v) is 3.90. The Hall–Kier alpha value is -1.95. The Morgan fingerprint density at radius 1 is 1.04 bits per heavy atom. The van der Waals surface area contributed by atoms with Crippen molar-refractivity contribution >= 4 is 47.1 Å². The minimum Gasteiger partial charge on any atom is -0.508 e. The fraction of sp³-hybridized carbons (Fsp3) is 0.176. The smallest absolute Gasteiger partial charge is 0.338 e. The maximum Gasteiger partial charge on any atom is 0.338 e. The molecule has 0 atom stereocenters. The molecule has 0 spiro atoms. The fourth-order valence-corrected chi connectivity index (χ4v) is 2.42. The normalized spacial score (nSPS) is 9.80. The number of aryl methyl sites for hydroxylation is 1. The predicted molar refractivity (Wildman–Crippen MR) is 97.3 cm³/mol. The van der Waals surface area contributed by atoms with Gasteiger partial charge in [-0.2, -0.15) is 0 Å². The van der Waals surface area contributed by atoms with Crippen LogP contribution in [0.25, 0.3) is 0 Å². The van der Waals surface area contributed by atoms with Gasteiger partial charge in [-0.25, -0.2) is 4.79 Å². The van der Waals surface area contributed by atoms with E-state index in [0.29, 0.717) is 11.8 Å². The van der Waals surface area contributed by atoms with Gasteiger partial charge < -0.3 is 14.9 Å². The number of rotatable bonds is 3. The lowest BCUT2D eigenvalue weighted by Crippen LogP contribution is -2.05. The van der Waals surface area contributed by atoms with E-state index in [1.807, 2.05) is 0 Å². The summed E-state index contributed by atoms with van der Waals surface area (Å²) >= 11 is 17.0. The quantitative estimate of drug-likeness (QED) is 0.424. The topological polar surface area (TPSA) is 83.8 Å². The second-order valence-electron chi connectivity index (χ2n) is 4.78. The first-order valence-electron chi connectivity index (χ1n) is 7.00. The third kappa shape index (κ3) is 5.81. The molecule has 0 radical (unpaired) electrons. The Bertz CT molecular complexity index is 717. The first kappa shape index (κ1) is 21.1. The molecule has 5 nitrogen and oxygen atoms in total. The van der Waals surface area contributed by atoms with Crippen molar-refractivity contribution in [1.82, 2.24) is 0 Å². The van der Waals surface area contributed by atoms with Gasteiger partial charge in [0.2, 0.25) is 0 Å². The van der Waals surface area contributed by atoms with Gasteiger partial charge in [0.15, 0.2) is 6.29 Å². The zero-order valence-electron chi connectivity index (χ0n) is 13.3. The number of hydrogen-bond donors (Lipinski definition) is 2. The van der Waals surface area contributed by atoms with Gasteiger partial charge in [-0.15, -0.1) is 0 Å². The van der Waals surface area contributed by atoms with E-state index in [2.05, 4.69) is 0 Å². The molecule has 0 bridgehead atoms. The molecule has 2 aromatic carbocycles. The van der Waals surface area contributed by atoms with Crippen molar-refractivity contribution in [3.63, 3.8) is 0 Å². The number of phenolic OH excluding ortho intramolecular Hbond substituents is 2. The zero-order valence-corrected chi connectivity index (χ0v) is 15.6. The number of carbonyl (C=O) groups is 2. The molecule has 0 aliphatic heterocycles. The summed E-state index contributed by atoms with van der Waals surface area (Å²) in [6, 6.07) is 5.44. The summed E-state index contributed by atoms with van der Waals surface area (Å²) in [7, 11) is 0. The maximum absolute atomic E-state index is 11.3. The molecule has 0 unspecified atom stereocenters. The van der Waals surface area contributed by atoms with E-state index in [-0.39, 0.29) is 44.3 Å². The number of phenols is 2. The molecule has 0 amide bonds. The molecule has 2 N–H and O–H groups in total. The van der Waals surface area contributed by atoms with Crippen LogP contribution in [0.1, 0.15) is 33.2 Å². The van der Waals surface area contributed by atoms with E-state index in [1.54, 1.807) is 13.8 Å². The van der Waals surface area contributed by atoms with Crippen molar-refractivity contribution in [2.75, 3.05) is 6.61 Å². The number of aldehydes is 1. The van der Waals surface area contributed by atoms with Crippen molar-refractivity contribution < 1.29 is 24.5 Å². The highest BCUT2D eigenvalue weighted by Crippen LogP contribution is 2.30. The fourth-order valence-electron chi connectivity index (χ4n) is 1.68. The second-order valence-corrected chi connectivity index (χ2v) is 6.00. The summed E-state index contributed by atoms with van der Waals surface area (Å²) in [6.45, 7) is 3.65. The van der Waals surface area contributed by atoms with Gasteiger partial charge in [0.05, 0.1) is 32.8 Å². The molecule has 0 aromatic heterocycles. The number of aromatic hydroxyl groups is 2. The van der Waals surface area contributed by atoms with E-state index < -0.39 is 5.97 Å². The molecule has 0 fully saturated rings. The van der Waals surface area contributed by atoms with Crippen LogP contribution >= 0.6 is 34.8 Å². The number of ether oxygens (including phenoxy) is 1. The van der Waals surface area contributed by atoms with Gasteiger partial charge in [-0.05, 0) is 37.6 Å². The highest BCUT2D eigenvalue weighted by Gasteiger charge is 2.13. The first-order chi connectivity index (χ1) is 11.7. The summed E-state index contributed by atoms with van der Waals surface area (Å²) in [4.78, 5) is 21.9. The summed E-state index contributed by atoms with van der Waals surface area (Å²) < 4.78 is 4.77. The lowest BCUT2D eigenvalue weighted by Gasteiger charge is -2.05. The molecule has 8 heteroatoms. The van der Waals surface area contributed by atoms with Crippen LogP contribution in [-0.4, -0.2) is 29.1 Å². The number of hydrogen-bond acceptors (Lipinski definition) is 5. The number of benzene rings is 2. The van der Waals surface area contributed by atoms with Crippen molar-refractivity contribution in [2.24, 2.45) is 0 Å². The minimum atomic E-state index is -0.515. The summed E-state index contributed by atoms with van der Waals surface area (Å²) in [5.74, 6) is -0.418. The molecule has 0 aliphatic rings. The SMILES string of the molecule is CCOC(=O)c1cc(Cl)c(C=O)c(Cl)c1.Cc1cc(O)c(Cl)cc1O. The first-order valence-corrected chi connectivity index (χ1v) is 8.14. The molecule has 0 heterocycles. The molecule has 25 heavy (non-hydrogen) atoms. The minimum absolute atomic E-state index is 0.00281. The average molecular weight is 406 g/mol. The van der Waals surface area contributed by atoms with Gasteiger partial charge >= 0.3 is 5.97 Å². The average Bonchev–Trinajstić information content (AvgIpc) is 2.53. The van der Waals surface area contributed by atoms with Gasteiger partial charge in [-0.1, -0.05) is 34.8 Å². The predicted octanol–water partition coefficient (Wildman–Crippen LogP) is 5.04. The van der Waals surface area contributed by atoms with Crippen LogP contribution in [0.15, 0.2) is 24.3 Å². The Kier molecular flexibility index (Phi) is 8.03.